The Labute approximate surface area is 171 Å². The second-order valence-corrected chi connectivity index (χ2v) is 6.65. The third-order valence-electron chi connectivity index (χ3n) is 3.97. The average molecular weight is 443 g/mol. The summed E-state index contributed by atoms with van der Waals surface area (Å²) in [6, 6.07) is 17.1. The van der Waals surface area contributed by atoms with Crippen LogP contribution in [-0.2, 0) is 4.79 Å². The minimum atomic E-state index is -0.358. The van der Waals surface area contributed by atoms with Crippen molar-refractivity contribution in [2.45, 2.75) is 0 Å². The number of hydrazone groups is 1. The summed E-state index contributed by atoms with van der Waals surface area (Å²) in [4.78, 5) is 12.0. The van der Waals surface area contributed by atoms with Gasteiger partial charge in [0, 0.05) is 5.39 Å². The number of benzene rings is 3. The normalized spacial score (nSPS) is 10.8. The summed E-state index contributed by atoms with van der Waals surface area (Å²) in [5.74, 6) is 1.45. The van der Waals surface area contributed by atoms with E-state index >= 15 is 0 Å². The fourth-order valence-electron chi connectivity index (χ4n) is 2.69. The third-order valence-corrected chi connectivity index (χ3v) is 4.56. The Hall–Kier alpha value is -3.06. The van der Waals surface area contributed by atoms with Crippen LogP contribution in [0, 0.1) is 0 Å². The summed E-state index contributed by atoms with van der Waals surface area (Å²) >= 11 is 3.42. The van der Waals surface area contributed by atoms with Crippen LogP contribution in [0.5, 0.6) is 17.2 Å². The van der Waals surface area contributed by atoms with Crippen LogP contribution in [0.1, 0.15) is 5.56 Å². The van der Waals surface area contributed by atoms with E-state index < -0.39 is 0 Å². The molecule has 3 aromatic carbocycles. The van der Waals surface area contributed by atoms with E-state index in [0.717, 1.165) is 20.8 Å². The van der Waals surface area contributed by atoms with Crippen LogP contribution < -0.4 is 19.6 Å². The number of carbonyl (C=O) groups is 1. The summed E-state index contributed by atoms with van der Waals surface area (Å²) in [5, 5.41) is 5.97. The number of nitrogens with one attached hydrogen (secondary N) is 1. The molecule has 6 nitrogen and oxygen atoms in total. The highest BCUT2D eigenvalue weighted by Gasteiger charge is 2.10. The Balaban J connectivity index is 1.60. The van der Waals surface area contributed by atoms with E-state index in [9.17, 15) is 4.79 Å². The van der Waals surface area contributed by atoms with Crippen molar-refractivity contribution in [3.05, 3.63) is 64.6 Å². The summed E-state index contributed by atoms with van der Waals surface area (Å²) in [6.07, 6.45) is 1.52. The van der Waals surface area contributed by atoms with Crippen LogP contribution in [0.3, 0.4) is 0 Å². The van der Waals surface area contributed by atoms with Crippen LogP contribution in [-0.4, -0.2) is 32.9 Å². The molecule has 0 spiro atoms. The molecule has 1 amide bonds. The highest BCUT2D eigenvalue weighted by atomic mass is 79.9. The van der Waals surface area contributed by atoms with Gasteiger partial charge in [-0.05, 0) is 45.1 Å². The molecule has 0 fully saturated rings. The zero-order chi connectivity index (χ0) is 19.9. The maximum Gasteiger partial charge on any atom is 0.277 e. The topological polar surface area (TPSA) is 69.2 Å². The average Bonchev–Trinajstić information content (AvgIpc) is 2.71. The second-order valence-electron chi connectivity index (χ2n) is 5.80. The quantitative estimate of drug-likeness (QED) is 0.440. The van der Waals surface area contributed by atoms with Crippen molar-refractivity contribution in [2.24, 2.45) is 5.10 Å². The van der Waals surface area contributed by atoms with Gasteiger partial charge in [0.2, 0.25) is 0 Å². The molecule has 0 aromatic heterocycles. The zero-order valence-electron chi connectivity index (χ0n) is 15.4. The van der Waals surface area contributed by atoms with E-state index in [1.165, 1.54) is 6.21 Å². The van der Waals surface area contributed by atoms with Gasteiger partial charge < -0.3 is 14.2 Å². The largest absolute Gasteiger partial charge is 0.493 e. The predicted octanol–water partition coefficient (Wildman–Crippen LogP) is 4.15. The van der Waals surface area contributed by atoms with Crippen molar-refractivity contribution >= 4 is 38.8 Å². The predicted molar refractivity (Wildman–Crippen MR) is 112 cm³/mol. The molecule has 0 heterocycles. The first-order valence-electron chi connectivity index (χ1n) is 8.46. The number of amides is 1. The number of rotatable bonds is 7. The van der Waals surface area contributed by atoms with E-state index in [1.54, 1.807) is 20.3 Å². The number of halogens is 1. The number of hydrogen-bond acceptors (Lipinski definition) is 5. The first-order valence-corrected chi connectivity index (χ1v) is 9.25. The summed E-state index contributed by atoms with van der Waals surface area (Å²) in [6.45, 7) is -0.138. The molecule has 0 radical (unpaired) electrons. The van der Waals surface area contributed by atoms with Gasteiger partial charge in [0.15, 0.2) is 18.1 Å². The van der Waals surface area contributed by atoms with Crippen molar-refractivity contribution in [3.63, 3.8) is 0 Å². The number of hydrogen-bond donors (Lipinski definition) is 1. The number of carbonyl (C=O) groups excluding carboxylic acids is 1. The Morgan fingerprint density at radius 1 is 1.07 bits per heavy atom. The molecule has 0 bridgehead atoms. The molecular formula is C21H19BrN2O4. The molecule has 7 heteroatoms. The van der Waals surface area contributed by atoms with E-state index in [2.05, 4.69) is 26.5 Å². The van der Waals surface area contributed by atoms with Gasteiger partial charge in [-0.25, -0.2) is 5.43 Å². The van der Waals surface area contributed by atoms with Gasteiger partial charge in [-0.15, -0.1) is 0 Å². The molecule has 3 aromatic rings. The van der Waals surface area contributed by atoms with Gasteiger partial charge in [-0.2, -0.15) is 5.10 Å². The van der Waals surface area contributed by atoms with Crippen LogP contribution in [0.15, 0.2) is 64.2 Å². The van der Waals surface area contributed by atoms with E-state index in [-0.39, 0.29) is 12.5 Å². The first kappa shape index (κ1) is 19.7. The SMILES string of the molecule is COc1cc(/C=N/NC(=O)COc2cccc3ccccc23)cc(Br)c1OC. The van der Waals surface area contributed by atoms with E-state index in [0.29, 0.717) is 17.2 Å². The zero-order valence-corrected chi connectivity index (χ0v) is 17.0. The molecule has 0 saturated carbocycles. The fourth-order valence-corrected chi connectivity index (χ4v) is 3.31. The third kappa shape index (κ3) is 4.61. The molecule has 28 heavy (non-hydrogen) atoms. The monoisotopic (exact) mass is 442 g/mol. The van der Waals surface area contributed by atoms with Crippen molar-refractivity contribution in [3.8, 4) is 17.2 Å². The number of methoxy groups -OCH3 is 2. The van der Waals surface area contributed by atoms with Gasteiger partial charge in [-0.1, -0.05) is 36.4 Å². The molecule has 0 atom stereocenters. The summed E-state index contributed by atoms with van der Waals surface area (Å²) < 4.78 is 16.9. The molecule has 1 N–H and O–H groups in total. The lowest BCUT2D eigenvalue weighted by Crippen LogP contribution is -2.24. The lowest BCUT2D eigenvalue weighted by Gasteiger charge is -2.10. The van der Waals surface area contributed by atoms with E-state index in [4.69, 9.17) is 14.2 Å². The van der Waals surface area contributed by atoms with E-state index in [1.807, 2.05) is 48.5 Å². The number of nitrogens with zero attached hydrogens (tertiary/aromatic N) is 1. The number of ether oxygens (including phenoxy) is 3. The number of fused-ring (bicyclic) bond motifs is 1. The Morgan fingerprint density at radius 3 is 2.64 bits per heavy atom. The second kappa shape index (κ2) is 9.23. The Morgan fingerprint density at radius 2 is 1.86 bits per heavy atom. The first-order chi connectivity index (χ1) is 13.6. The van der Waals surface area contributed by atoms with Crippen LogP contribution >= 0.6 is 15.9 Å². The highest BCUT2D eigenvalue weighted by Crippen LogP contribution is 2.35. The molecule has 0 aliphatic heterocycles. The molecule has 144 valence electrons. The standard InChI is InChI=1S/C21H19BrN2O4/c1-26-19-11-14(10-17(22)21(19)27-2)12-23-24-20(25)13-28-18-9-5-7-15-6-3-4-8-16(15)18/h3-12H,13H2,1-2H3,(H,24,25)/b23-12+. The summed E-state index contributed by atoms with van der Waals surface area (Å²) in [5.41, 5.74) is 3.19. The lowest BCUT2D eigenvalue weighted by molar-refractivity contribution is -0.123. The van der Waals surface area contributed by atoms with Crippen LogP contribution in [0.2, 0.25) is 0 Å². The molecule has 0 aliphatic rings. The van der Waals surface area contributed by atoms with Gasteiger partial charge in [0.05, 0.1) is 24.9 Å². The lowest BCUT2D eigenvalue weighted by atomic mass is 10.1. The van der Waals surface area contributed by atoms with Crippen molar-refractivity contribution in [2.75, 3.05) is 20.8 Å². The Kier molecular flexibility index (Phi) is 6.49. The maximum atomic E-state index is 12.0. The minimum Gasteiger partial charge on any atom is -0.493 e. The van der Waals surface area contributed by atoms with Crippen LogP contribution in [0.4, 0.5) is 0 Å². The molecular weight excluding hydrogens is 424 g/mol. The van der Waals surface area contributed by atoms with Gasteiger partial charge in [-0.3, -0.25) is 4.79 Å². The van der Waals surface area contributed by atoms with Crippen molar-refractivity contribution < 1.29 is 19.0 Å². The smallest absolute Gasteiger partial charge is 0.277 e. The van der Waals surface area contributed by atoms with Gasteiger partial charge >= 0.3 is 0 Å². The molecule has 3 rings (SSSR count). The van der Waals surface area contributed by atoms with Crippen LogP contribution in [0.25, 0.3) is 10.8 Å². The fraction of sp³-hybridized carbons (Fsp3) is 0.143. The van der Waals surface area contributed by atoms with Gasteiger partial charge in [0.1, 0.15) is 5.75 Å². The highest BCUT2D eigenvalue weighted by molar-refractivity contribution is 9.10. The summed E-state index contributed by atoms with van der Waals surface area (Å²) in [7, 11) is 3.12. The molecule has 0 saturated heterocycles. The minimum absolute atomic E-state index is 0.138. The molecule has 0 aliphatic carbocycles. The molecule has 0 unspecified atom stereocenters. The van der Waals surface area contributed by atoms with Gasteiger partial charge in [0.25, 0.3) is 5.91 Å². The Bertz CT molecular complexity index is 1020. The van der Waals surface area contributed by atoms with Crippen molar-refractivity contribution in [1.82, 2.24) is 5.43 Å². The van der Waals surface area contributed by atoms with Crippen molar-refractivity contribution in [1.29, 1.82) is 0 Å². The maximum absolute atomic E-state index is 12.0.